The van der Waals surface area contributed by atoms with Crippen LogP contribution in [0, 0.1) is 0 Å². The zero-order valence-electron chi connectivity index (χ0n) is 11.8. The fraction of sp³-hybridized carbons (Fsp3) is 0.429. The highest BCUT2D eigenvalue weighted by Crippen LogP contribution is 2.37. The largest absolute Gasteiger partial charge is 0.493 e. The van der Waals surface area contributed by atoms with E-state index in [1.54, 1.807) is 12.1 Å². The zero-order chi connectivity index (χ0) is 15.1. The number of amides is 2. The number of hydrogen-bond donors (Lipinski definition) is 2. The Hall–Kier alpha value is -2.28. The van der Waals surface area contributed by atoms with Crippen LogP contribution in [-0.4, -0.2) is 54.7 Å². The van der Waals surface area contributed by atoms with Crippen molar-refractivity contribution >= 4 is 17.5 Å². The summed E-state index contributed by atoms with van der Waals surface area (Å²) in [4.78, 5) is 26.2. The van der Waals surface area contributed by atoms with Gasteiger partial charge < -0.3 is 24.8 Å². The summed E-state index contributed by atoms with van der Waals surface area (Å²) in [5.74, 6) is 0.250. The van der Waals surface area contributed by atoms with Crippen LogP contribution < -0.4 is 14.8 Å². The monoisotopic (exact) mass is 292 g/mol. The molecule has 0 spiro atoms. The minimum Gasteiger partial charge on any atom is -0.493 e. The molecule has 3 rings (SSSR count). The molecule has 0 radical (unpaired) electrons. The van der Waals surface area contributed by atoms with Crippen molar-refractivity contribution in [2.75, 3.05) is 26.1 Å². The highest BCUT2D eigenvalue weighted by molar-refractivity contribution is 6.10. The first kappa shape index (κ1) is 13.7. The number of nitrogens with zero attached hydrogens (tertiary/aromatic N) is 1. The first-order valence-corrected chi connectivity index (χ1v) is 6.61. The quantitative estimate of drug-likeness (QED) is 0.814. The van der Waals surface area contributed by atoms with Gasteiger partial charge in [0.15, 0.2) is 11.5 Å². The maximum absolute atomic E-state index is 12.6. The smallest absolute Gasteiger partial charge is 0.256 e. The molecule has 1 aromatic rings. The number of ether oxygens (including phenoxy) is 2. The summed E-state index contributed by atoms with van der Waals surface area (Å²) in [5, 5.41) is 12.4. The third-order valence-corrected chi connectivity index (χ3v) is 3.85. The first-order valence-electron chi connectivity index (χ1n) is 6.61. The highest BCUT2D eigenvalue weighted by Gasteiger charge is 2.42. The molecule has 2 aliphatic heterocycles. The molecule has 2 atom stereocenters. The van der Waals surface area contributed by atoms with Gasteiger partial charge in [0, 0.05) is 19.0 Å². The molecule has 21 heavy (non-hydrogen) atoms. The molecular formula is C14H16N2O5. The van der Waals surface area contributed by atoms with Gasteiger partial charge in [-0.3, -0.25) is 9.59 Å². The number of anilines is 1. The standard InChI is InChI=1S/C14H16N2O5/c1-20-11-4-8-9(5-12(11)21-2)15-13(18)10-3-7(17)6-16(10)14(8)19/h4-5,7,10,17H,3,6H2,1-2H3,(H,15,18)/t7-,10+/m1/s1. The van der Waals surface area contributed by atoms with Crippen molar-refractivity contribution in [3.8, 4) is 11.5 Å². The molecule has 0 saturated carbocycles. The van der Waals surface area contributed by atoms with Crippen LogP contribution in [0.4, 0.5) is 5.69 Å². The maximum Gasteiger partial charge on any atom is 0.256 e. The summed E-state index contributed by atoms with van der Waals surface area (Å²) < 4.78 is 10.4. The second kappa shape index (κ2) is 4.92. The fourth-order valence-electron chi connectivity index (χ4n) is 2.82. The van der Waals surface area contributed by atoms with E-state index in [9.17, 15) is 14.7 Å². The van der Waals surface area contributed by atoms with Gasteiger partial charge in [-0.25, -0.2) is 0 Å². The number of carbonyl (C=O) groups excluding carboxylic acids is 2. The van der Waals surface area contributed by atoms with Crippen LogP contribution in [0.25, 0.3) is 0 Å². The number of aliphatic hydroxyl groups is 1. The Morgan fingerprint density at radius 3 is 2.57 bits per heavy atom. The lowest BCUT2D eigenvalue weighted by Crippen LogP contribution is -2.40. The molecule has 7 heteroatoms. The molecule has 0 bridgehead atoms. The molecule has 2 N–H and O–H groups in total. The number of nitrogens with one attached hydrogen (secondary N) is 1. The predicted molar refractivity (Wildman–Crippen MR) is 73.6 cm³/mol. The van der Waals surface area contributed by atoms with Crippen LogP contribution in [0.15, 0.2) is 12.1 Å². The normalized spacial score (nSPS) is 24.0. The second-order valence-corrected chi connectivity index (χ2v) is 5.10. The molecule has 1 fully saturated rings. The molecule has 0 unspecified atom stereocenters. The van der Waals surface area contributed by atoms with Crippen molar-refractivity contribution < 1.29 is 24.2 Å². The Morgan fingerprint density at radius 2 is 1.90 bits per heavy atom. The molecule has 2 heterocycles. The lowest BCUT2D eigenvalue weighted by atomic mass is 10.1. The molecule has 2 amide bonds. The Kier molecular flexibility index (Phi) is 3.21. The molecule has 1 aromatic carbocycles. The van der Waals surface area contributed by atoms with E-state index in [0.29, 0.717) is 22.7 Å². The average molecular weight is 292 g/mol. The number of hydrogen-bond acceptors (Lipinski definition) is 5. The molecule has 0 aromatic heterocycles. The average Bonchev–Trinajstić information content (AvgIpc) is 2.84. The van der Waals surface area contributed by atoms with Crippen LogP contribution in [-0.2, 0) is 4.79 Å². The minimum absolute atomic E-state index is 0.157. The SMILES string of the molecule is COc1cc2c(cc1OC)C(=O)N1C[C@H](O)C[C@H]1C(=O)N2. The third-order valence-electron chi connectivity index (χ3n) is 3.85. The Balaban J connectivity index is 2.10. The first-order chi connectivity index (χ1) is 10.0. The van der Waals surface area contributed by atoms with Gasteiger partial charge in [0.05, 0.1) is 31.6 Å². The van der Waals surface area contributed by atoms with E-state index < -0.39 is 12.1 Å². The van der Waals surface area contributed by atoms with Crippen LogP contribution >= 0.6 is 0 Å². The summed E-state index contributed by atoms with van der Waals surface area (Å²) in [5.41, 5.74) is 0.726. The van der Waals surface area contributed by atoms with Crippen LogP contribution in [0.3, 0.4) is 0 Å². The number of fused-ring (bicyclic) bond motifs is 2. The minimum atomic E-state index is -0.675. The van der Waals surface area contributed by atoms with E-state index in [2.05, 4.69) is 5.32 Å². The molecule has 7 nitrogen and oxygen atoms in total. The van der Waals surface area contributed by atoms with Crippen LogP contribution in [0.5, 0.6) is 11.5 Å². The summed E-state index contributed by atoms with van der Waals surface area (Å²) in [7, 11) is 2.96. The van der Waals surface area contributed by atoms with Gasteiger partial charge in [-0.2, -0.15) is 0 Å². The van der Waals surface area contributed by atoms with Gasteiger partial charge in [-0.05, 0) is 6.07 Å². The van der Waals surface area contributed by atoms with Crippen LogP contribution in [0.2, 0.25) is 0 Å². The van der Waals surface area contributed by atoms with Crippen LogP contribution in [0.1, 0.15) is 16.8 Å². The Morgan fingerprint density at radius 1 is 1.24 bits per heavy atom. The second-order valence-electron chi connectivity index (χ2n) is 5.10. The van der Waals surface area contributed by atoms with E-state index in [1.165, 1.54) is 19.1 Å². The molecule has 1 saturated heterocycles. The van der Waals surface area contributed by atoms with E-state index in [1.807, 2.05) is 0 Å². The third kappa shape index (κ3) is 2.09. The molecule has 2 aliphatic rings. The number of rotatable bonds is 2. The Bertz CT molecular complexity index is 616. The maximum atomic E-state index is 12.6. The van der Waals surface area contributed by atoms with Gasteiger partial charge in [-0.1, -0.05) is 0 Å². The lowest BCUT2D eigenvalue weighted by molar-refractivity contribution is -0.119. The summed E-state index contributed by atoms with van der Waals surface area (Å²) >= 11 is 0. The number of aliphatic hydroxyl groups excluding tert-OH is 1. The number of carbonyl (C=O) groups is 2. The number of methoxy groups -OCH3 is 2. The lowest BCUT2D eigenvalue weighted by Gasteiger charge is -2.19. The van der Waals surface area contributed by atoms with Gasteiger partial charge in [0.2, 0.25) is 5.91 Å². The zero-order valence-corrected chi connectivity index (χ0v) is 11.8. The van der Waals surface area contributed by atoms with Gasteiger partial charge in [0.25, 0.3) is 5.91 Å². The van der Waals surface area contributed by atoms with Crippen molar-refractivity contribution in [1.29, 1.82) is 0 Å². The van der Waals surface area contributed by atoms with E-state index in [4.69, 9.17) is 9.47 Å². The van der Waals surface area contributed by atoms with E-state index in [0.717, 1.165) is 0 Å². The van der Waals surface area contributed by atoms with Crippen molar-refractivity contribution in [2.45, 2.75) is 18.6 Å². The van der Waals surface area contributed by atoms with Gasteiger partial charge in [0.1, 0.15) is 6.04 Å². The van der Waals surface area contributed by atoms with E-state index in [-0.39, 0.29) is 24.8 Å². The van der Waals surface area contributed by atoms with Crippen molar-refractivity contribution in [2.24, 2.45) is 0 Å². The highest BCUT2D eigenvalue weighted by atomic mass is 16.5. The topological polar surface area (TPSA) is 88.1 Å². The van der Waals surface area contributed by atoms with Crippen molar-refractivity contribution in [1.82, 2.24) is 4.90 Å². The summed E-state index contributed by atoms with van der Waals surface area (Å²) in [6.07, 6.45) is -0.425. The molecular weight excluding hydrogens is 276 g/mol. The number of benzene rings is 1. The summed E-state index contributed by atoms with van der Waals surface area (Å²) in [6.45, 7) is 0.157. The van der Waals surface area contributed by atoms with Crippen molar-refractivity contribution in [3.05, 3.63) is 17.7 Å². The fourth-order valence-corrected chi connectivity index (χ4v) is 2.82. The summed E-state index contributed by atoms with van der Waals surface area (Å²) in [6, 6.07) is 2.48. The van der Waals surface area contributed by atoms with E-state index >= 15 is 0 Å². The molecule has 0 aliphatic carbocycles. The van der Waals surface area contributed by atoms with Gasteiger partial charge >= 0.3 is 0 Å². The molecule has 112 valence electrons. The van der Waals surface area contributed by atoms with Crippen molar-refractivity contribution in [3.63, 3.8) is 0 Å². The predicted octanol–water partition coefficient (Wildman–Crippen LogP) is 0.231. The Labute approximate surface area is 121 Å². The van der Waals surface area contributed by atoms with Gasteiger partial charge in [-0.15, -0.1) is 0 Å².